The van der Waals surface area contributed by atoms with Crippen LogP contribution in [0.4, 0.5) is 10.5 Å². The minimum Gasteiger partial charge on any atom is -0.342 e. The SMILES string of the molecule is Cc1ccc(Cn2cc(/C=C3\SC(=O)N(CC(=O)Nc4ccccc4C)C3=O)c3ccccc32)cc1. The summed E-state index contributed by atoms with van der Waals surface area (Å²) < 4.78 is 2.14. The zero-order valence-electron chi connectivity index (χ0n) is 20.0. The molecule has 0 spiro atoms. The van der Waals surface area contributed by atoms with Gasteiger partial charge in [-0.15, -0.1) is 0 Å². The molecule has 0 bridgehead atoms. The van der Waals surface area contributed by atoms with Gasteiger partial charge in [0.1, 0.15) is 6.54 Å². The number of aromatic nitrogens is 1. The quantitative estimate of drug-likeness (QED) is 0.334. The van der Waals surface area contributed by atoms with Crippen molar-refractivity contribution < 1.29 is 14.4 Å². The second kappa shape index (κ2) is 9.87. The second-order valence-corrected chi connectivity index (χ2v) is 9.84. The smallest absolute Gasteiger partial charge is 0.294 e. The molecule has 1 fully saturated rings. The third-order valence-electron chi connectivity index (χ3n) is 6.17. The van der Waals surface area contributed by atoms with Gasteiger partial charge in [-0.1, -0.05) is 66.2 Å². The molecule has 3 amide bonds. The Bertz CT molecular complexity index is 1520. The Labute approximate surface area is 213 Å². The first kappa shape index (κ1) is 23.6. The average Bonchev–Trinajstić information content (AvgIpc) is 3.34. The summed E-state index contributed by atoms with van der Waals surface area (Å²) in [5.41, 5.74) is 5.84. The normalized spacial score (nSPS) is 14.7. The molecule has 3 aromatic carbocycles. The molecule has 6 nitrogen and oxygen atoms in total. The van der Waals surface area contributed by atoms with Crippen molar-refractivity contribution in [1.29, 1.82) is 0 Å². The van der Waals surface area contributed by atoms with E-state index in [-0.39, 0.29) is 6.54 Å². The van der Waals surface area contributed by atoms with Gasteiger partial charge in [0, 0.05) is 34.9 Å². The Morgan fingerprint density at radius 1 is 0.944 bits per heavy atom. The van der Waals surface area contributed by atoms with E-state index in [0.717, 1.165) is 38.7 Å². The highest BCUT2D eigenvalue weighted by Gasteiger charge is 2.36. The van der Waals surface area contributed by atoms with Gasteiger partial charge in [-0.25, -0.2) is 0 Å². The van der Waals surface area contributed by atoms with Crippen molar-refractivity contribution in [2.75, 3.05) is 11.9 Å². The van der Waals surface area contributed by atoms with Gasteiger partial charge in [-0.2, -0.15) is 0 Å². The summed E-state index contributed by atoms with van der Waals surface area (Å²) in [4.78, 5) is 39.6. The highest BCUT2D eigenvalue weighted by atomic mass is 32.2. The number of benzene rings is 3. The maximum Gasteiger partial charge on any atom is 0.294 e. The average molecular weight is 496 g/mol. The van der Waals surface area contributed by atoms with Gasteiger partial charge in [0.15, 0.2) is 0 Å². The van der Waals surface area contributed by atoms with Gasteiger partial charge in [0.2, 0.25) is 5.91 Å². The number of nitrogens with zero attached hydrogens (tertiary/aromatic N) is 2. The molecule has 7 heteroatoms. The van der Waals surface area contributed by atoms with Gasteiger partial charge in [-0.3, -0.25) is 19.3 Å². The van der Waals surface area contributed by atoms with E-state index in [2.05, 4.69) is 41.1 Å². The molecule has 4 aromatic rings. The van der Waals surface area contributed by atoms with Crippen LogP contribution < -0.4 is 5.32 Å². The van der Waals surface area contributed by atoms with E-state index in [1.165, 1.54) is 11.1 Å². The van der Waals surface area contributed by atoms with E-state index in [0.29, 0.717) is 17.1 Å². The summed E-state index contributed by atoms with van der Waals surface area (Å²) in [5, 5.41) is 3.32. The van der Waals surface area contributed by atoms with Crippen molar-refractivity contribution in [3.8, 4) is 0 Å². The molecule has 0 aliphatic carbocycles. The van der Waals surface area contributed by atoms with Crippen LogP contribution in [0.15, 0.2) is 83.9 Å². The molecule has 0 atom stereocenters. The molecule has 1 aliphatic heterocycles. The highest BCUT2D eigenvalue weighted by Crippen LogP contribution is 2.34. The first-order chi connectivity index (χ1) is 17.4. The van der Waals surface area contributed by atoms with Crippen molar-refractivity contribution in [2.24, 2.45) is 0 Å². The lowest BCUT2D eigenvalue weighted by atomic mass is 10.1. The number of thioether (sulfide) groups is 1. The maximum absolute atomic E-state index is 13.1. The predicted molar refractivity (Wildman–Crippen MR) is 145 cm³/mol. The highest BCUT2D eigenvalue weighted by molar-refractivity contribution is 8.18. The van der Waals surface area contributed by atoms with Crippen LogP contribution in [-0.4, -0.2) is 33.1 Å². The summed E-state index contributed by atoms with van der Waals surface area (Å²) in [7, 11) is 0. The van der Waals surface area contributed by atoms with Crippen molar-refractivity contribution in [3.05, 3.63) is 106 Å². The largest absolute Gasteiger partial charge is 0.342 e. The number of carbonyl (C=O) groups is 3. The molecule has 2 heterocycles. The lowest BCUT2D eigenvalue weighted by Crippen LogP contribution is -2.36. The van der Waals surface area contributed by atoms with Gasteiger partial charge >= 0.3 is 0 Å². The van der Waals surface area contributed by atoms with Gasteiger partial charge in [0.05, 0.1) is 4.91 Å². The molecule has 180 valence electrons. The minimum atomic E-state index is -0.458. The monoisotopic (exact) mass is 495 g/mol. The van der Waals surface area contributed by atoms with E-state index in [9.17, 15) is 14.4 Å². The molecular formula is C29H25N3O3S. The number of carbonyl (C=O) groups excluding carboxylic acids is 3. The molecule has 1 aliphatic rings. The van der Waals surface area contributed by atoms with Crippen molar-refractivity contribution >= 4 is 51.5 Å². The summed E-state index contributed by atoms with van der Waals surface area (Å²) in [5.74, 6) is -0.872. The Balaban J connectivity index is 1.38. The van der Waals surface area contributed by atoms with Crippen LogP contribution >= 0.6 is 11.8 Å². The Kier molecular flexibility index (Phi) is 6.48. The molecule has 5 rings (SSSR count). The Hall–Kier alpha value is -4.10. The zero-order chi connectivity index (χ0) is 25.2. The van der Waals surface area contributed by atoms with Gasteiger partial charge in [0.25, 0.3) is 11.1 Å². The summed E-state index contributed by atoms with van der Waals surface area (Å²) in [6.07, 6.45) is 3.75. The lowest BCUT2D eigenvalue weighted by Gasteiger charge is -2.13. The fourth-order valence-corrected chi connectivity index (χ4v) is 5.06. The third kappa shape index (κ3) is 4.83. The van der Waals surface area contributed by atoms with E-state index < -0.39 is 17.1 Å². The number of anilines is 1. The fraction of sp³-hybridized carbons (Fsp3) is 0.138. The molecule has 0 radical (unpaired) electrons. The van der Waals surface area contributed by atoms with Crippen LogP contribution in [0.25, 0.3) is 17.0 Å². The number of rotatable bonds is 6. The van der Waals surface area contributed by atoms with Crippen LogP contribution in [-0.2, 0) is 16.1 Å². The third-order valence-corrected chi connectivity index (χ3v) is 7.08. The minimum absolute atomic E-state index is 0.307. The standard InChI is InChI=1S/C29H25N3O3S/c1-19-11-13-21(14-12-19)16-31-17-22(23-8-4-6-10-25(23)31)15-26-28(34)32(29(35)36-26)18-27(33)30-24-9-5-3-7-20(24)2/h3-15,17H,16,18H2,1-2H3,(H,30,33)/b26-15-. The van der Waals surface area contributed by atoms with E-state index >= 15 is 0 Å². The summed E-state index contributed by atoms with van der Waals surface area (Å²) in [6, 6.07) is 23.8. The number of para-hydroxylation sites is 2. The number of hydrogen-bond acceptors (Lipinski definition) is 4. The van der Waals surface area contributed by atoms with Crippen LogP contribution in [0.3, 0.4) is 0 Å². The predicted octanol–water partition coefficient (Wildman–Crippen LogP) is 5.98. The van der Waals surface area contributed by atoms with Crippen molar-refractivity contribution in [2.45, 2.75) is 20.4 Å². The zero-order valence-corrected chi connectivity index (χ0v) is 20.8. The van der Waals surface area contributed by atoms with Crippen LogP contribution in [0, 0.1) is 13.8 Å². The topological polar surface area (TPSA) is 71.4 Å². The number of nitrogens with one attached hydrogen (secondary N) is 1. The fourth-order valence-electron chi connectivity index (χ4n) is 4.24. The van der Waals surface area contributed by atoms with Crippen LogP contribution in [0.5, 0.6) is 0 Å². The number of hydrogen-bond donors (Lipinski definition) is 1. The first-order valence-corrected chi connectivity index (χ1v) is 12.4. The van der Waals surface area contributed by atoms with Crippen molar-refractivity contribution in [1.82, 2.24) is 9.47 Å². The summed E-state index contributed by atoms with van der Waals surface area (Å²) >= 11 is 0.861. The molecule has 1 aromatic heterocycles. The molecular weight excluding hydrogens is 470 g/mol. The number of fused-ring (bicyclic) bond motifs is 1. The second-order valence-electron chi connectivity index (χ2n) is 8.85. The van der Waals surface area contributed by atoms with E-state index in [1.807, 2.05) is 55.6 Å². The van der Waals surface area contributed by atoms with E-state index in [4.69, 9.17) is 0 Å². The summed E-state index contributed by atoms with van der Waals surface area (Å²) in [6.45, 7) is 4.31. The number of amides is 3. The van der Waals surface area contributed by atoms with Crippen LogP contribution in [0.1, 0.15) is 22.3 Å². The molecule has 0 saturated carbocycles. The first-order valence-electron chi connectivity index (χ1n) is 11.6. The Morgan fingerprint density at radius 2 is 1.67 bits per heavy atom. The number of aryl methyl sites for hydroxylation is 2. The van der Waals surface area contributed by atoms with Crippen molar-refractivity contribution in [3.63, 3.8) is 0 Å². The molecule has 36 heavy (non-hydrogen) atoms. The molecule has 1 N–H and O–H groups in total. The maximum atomic E-state index is 13.1. The van der Waals surface area contributed by atoms with E-state index in [1.54, 1.807) is 12.1 Å². The molecule has 1 saturated heterocycles. The Morgan fingerprint density at radius 3 is 2.44 bits per heavy atom. The number of imide groups is 1. The lowest BCUT2D eigenvalue weighted by molar-refractivity contribution is -0.127. The van der Waals surface area contributed by atoms with Gasteiger partial charge < -0.3 is 9.88 Å². The van der Waals surface area contributed by atoms with Gasteiger partial charge in [-0.05, 0) is 54.9 Å². The molecule has 0 unspecified atom stereocenters. The van der Waals surface area contributed by atoms with Crippen LogP contribution in [0.2, 0.25) is 0 Å².